The fourth-order valence-electron chi connectivity index (χ4n) is 4.70. The average molecular weight is 418 g/mol. The van der Waals surface area contributed by atoms with Gasteiger partial charge >= 0.3 is 0 Å². The van der Waals surface area contributed by atoms with E-state index in [-0.39, 0.29) is 17.3 Å². The number of aromatic nitrogens is 1. The summed E-state index contributed by atoms with van der Waals surface area (Å²) in [5, 5.41) is 13.7. The minimum Gasteiger partial charge on any atom is -0.872 e. The zero-order chi connectivity index (χ0) is 21.5. The molecule has 6 nitrogen and oxygen atoms in total. The summed E-state index contributed by atoms with van der Waals surface area (Å²) in [4.78, 5) is 16.8. The van der Waals surface area contributed by atoms with E-state index in [4.69, 9.17) is 4.74 Å². The first kappa shape index (κ1) is 19.8. The molecular weight excluding hydrogens is 390 g/mol. The van der Waals surface area contributed by atoms with Crippen LogP contribution in [0.5, 0.6) is 11.5 Å². The van der Waals surface area contributed by atoms with Crippen LogP contribution in [0.15, 0.2) is 48.4 Å². The largest absolute Gasteiger partial charge is 0.872 e. The topological polar surface area (TPSA) is 62.0 Å². The Morgan fingerprint density at radius 3 is 2.71 bits per heavy atom. The summed E-state index contributed by atoms with van der Waals surface area (Å²) in [6.45, 7) is 7.86. The number of quaternary nitrogens is 1. The number of hydrogen-bond donors (Lipinski definition) is 1. The number of carbonyl (C=O) groups excluding carboxylic acids is 1. The Hall–Kier alpha value is -3.09. The second kappa shape index (κ2) is 7.87. The number of likely N-dealkylation sites (N-methyl/N-ethyl adjacent to an activating group) is 1. The second-order valence-electron chi connectivity index (χ2n) is 8.43. The van der Waals surface area contributed by atoms with E-state index in [2.05, 4.69) is 11.8 Å². The number of carbonyl (C=O) groups is 1. The Morgan fingerprint density at radius 1 is 1.16 bits per heavy atom. The Labute approximate surface area is 181 Å². The van der Waals surface area contributed by atoms with Crippen molar-refractivity contribution in [1.82, 2.24) is 9.47 Å². The highest BCUT2D eigenvalue weighted by Gasteiger charge is 2.32. The lowest BCUT2D eigenvalue weighted by Crippen LogP contribution is -3.13. The van der Waals surface area contributed by atoms with Gasteiger partial charge in [-0.2, -0.15) is 0 Å². The van der Waals surface area contributed by atoms with Crippen LogP contribution in [0.3, 0.4) is 0 Å². The average Bonchev–Trinajstić information content (AvgIpc) is 3.28. The van der Waals surface area contributed by atoms with Gasteiger partial charge < -0.3 is 19.3 Å². The predicted octanol–water partition coefficient (Wildman–Crippen LogP) is 1.59. The van der Waals surface area contributed by atoms with Crippen molar-refractivity contribution in [2.45, 2.75) is 13.5 Å². The fraction of sp³-hybridized carbons (Fsp3) is 0.320. The number of nitrogens with zero attached hydrogens (tertiary/aromatic N) is 2. The summed E-state index contributed by atoms with van der Waals surface area (Å²) in [5.74, 6) is 0.525. The van der Waals surface area contributed by atoms with Crippen molar-refractivity contribution in [3.05, 3.63) is 65.0 Å². The first-order chi connectivity index (χ1) is 15.0. The highest BCUT2D eigenvalue weighted by Crippen LogP contribution is 2.38. The number of para-hydroxylation sites is 1. The van der Waals surface area contributed by atoms with Gasteiger partial charge in [-0.3, -0.25) is 9.69 Å². The van der Waals surface area contributed by atoms with Crippen molar-refractivity contribution >= 4 is 22.8 Å². The number of rotatable bonds is 4. The molecule has 1 saturated heterocycles. The van der Waals surface area contributed by atoms with Crippen LogP contribution in [0.4, 0.5) is 0 Å². The normalized spacial score (nSPS) is 18.6. The van der Waals surface area contributed by atoms with Gasteiger partial charge in [0.2, 0.25) is 5.78 Å². The predicted molar refractivity (Wildman–Crippen MR) is 118 cm³/mol. The lowest BCUT2D eigenvalue weighted by atomic mass is 10.0. The van der Waals surface area contributed by atoms with E-state index < -0.39 is 0 Å². The first-order valence-electron chi connectivity index (χ1n) is 10.9. The standard InChI is InChI=1S/C25H27N3O3/c1-3-27-10-12-28(13-11-27)16-20-22(29)9-8-19-24(30)23(31-25(19)20)14-17-15-26(2)21-7-5-4-6-18(17)21/h4-9,14-15,29H,3,10-13,16H2,1-2H3/b23-14-. The molecule has 0 spiro atoms. The molecule has 0 atom stereocenters. The minimum absolute atomic E-state index is 0.0524. The van der Waals surface area contributed by atoms with Crippen LogP contribution in [0.25, 0.3) is 17.0 Å². The fourth-order valence-corrected chi connectivity index (χ4v) is 4.70. The van der Waals surface area contributed by atoms with E-state index in [9.17, 15) is 9.90 Å². The lowest BCUT2D eigenvalue weighted by molar-refractivity contribution is -0.918. The second-order valence-corrected chi connectivity index (χ2v) is 8.43. The molecule has 2 aliphatic heterocycles. The molecule has 0 unspecified atom stereocenters. The lowest BCUT2D eigenvalue weighted by Gasteiger charge is -2.32. The Balaban J connectivity index is 1.45. The van der Waals surface area contributed by atoms with Gasteiger partial charge in [0.15, 0.2) is 5.76 Å². The number of nitrogens with one attached hydrogen (secondary N) is 1. The summed E-state index contributed by atoms with van der Waals surface area (Å²) in [6, 6.07) is 11.2. The number of benzene rings is 2. The maximum absolute atomic E-state index is 13.1. The van der Waals surface area contributed by atoms with Crippen LogP contribution in [0.2, 0.25) is 0 Å². The number of aryl methyl sites for hydroxylation is 1. The van der Waals surface area contributed by atoms with Crippen LogP contribution in [-0.4, -0.2) is 48.0 Å². The van der Waals surface area contributed by atoms with Crippen LogP contribution in [0, 0.1) is 0 Å². The smallest absolute Gasteiger partial charge is 0.231 e. The number of ether oxygens (including phenoxy) is 1. The van der Waals surface area contributed by atoms with Gasteiger partial charge in [-0.15, -0.1) is 0 Å². The highest BCUT2D eigenvalue weighted by molar-refractivity contribution is 6.15. The molecule has 3 heterocycles. The molecule has 0 saturated carbocycles. The third-order valence-electron chi connectivity index (χ3n) is 6.55. The molecule has 5 rings (SSSR count). The highest BCUT2D eigenvalue weighted by atomic mass is 16.5. The molecule has 160 valence electrons. The van der Waals surface area contributed by atoms with E-state index in [0.717, 1.165) is 49.2 Å². The van der Waals surface area contributed by atoms with Gasteiger partial charge in [-0.25, -0.2) is 0 Å². The van der Waals surface area contributed by atoms with Crippen molar-refractivity contribution in [2.75, 3.05) is 32.7 Å². The molecule has 6 heteroatoms. The third-order valence-corrected chi connectivity index (χ3v) is 6.55. The van der Waals surface area contributed by atoms with Crippen LogP contribution in [0.1, 0.15) is 28.4 Å². The van der Waals surface area contributed by atoms with Crippen LogP contribution < -0.4 is 14.7 Å². The monoisotopic (exact) mass is 417 g/mol. The summed E-state index contributed by atoms with van der Waals surface area (Å²) in [5.41, 5.74) is 3.13. The molecule has 3 aromatic rings. The summed E-state index contributed by atoms with van der Waals surface area (Å²) >= 11 is 0. The van der Waals surface area contributed by atoms with E-state index >= 15 is 0 Å². The molecule has 2 aromatic carbocycles. The third kappa shape index (κ3) is 3.52. The first-order valence-corrected chi connectivity index (χ1v) is 10.9. The van der Waals surface area contributed by atoms with Gasteiger partial charge in [0.25, 0.3) is 0 Å². The molecule has 0 bridgehead atoms. The SMILES string of the molecule is CCN1CC[NH+](Cc2c([O-])ccc3c2O/C(=C\c2cn(C)c4ccccc24)C3=O)CC1. The van der Waals surface area contributed by atoms with Crippen LogP contribution >= 0.6 is 0 Å². The maximum atomic E-state index is 13.1. The number of piperazine rings is 1. The van der Waals surface area contributed by atoms with Crippen molar-refractivity contribution in [3.63, 3.8) is 0 Å². The zero-order valence-electron chi connectivity index (χ0n) is 18.0. The molecule has 31 heavy (non-hydrogen) atoms. The quantitative estimate of drug-likeness (QED) is 0.655. The van der Waals surface area contributed by atoms with Gasteiger partial charge in [0.05, 0.1) is 18.7 Å². The van der Waals surface area contributed by atoms with E-state index in [1.165, 1.54) is 11.0 Å². The summed E-state index contributed by atoms with van der Waals surface area (Å²) < 4.78 is 8.09. The van der Waals surface area contributed by atoms with E-state index in [1.807, 2.05) is 42.1 Å². The van der Waals surface area contributed by atoms with Crippen LogP contribution in [-0.2, 0) is 13.6 Å². The van der Waals surface area contributed by atoms with Crippen molar-refractivity contribution in [1.29, 1.82) is 0 Å². The zero-order valence-corrected chi connectivity index (χ0v) is 18.0. The Bertz CT molecular complexity index is 1190. The van der Waals surface area contributed by atoms with E-state index in [1.54, 1.807) is 12.1 Å². The molecule has 0 radical (unpaired) electrons. The Morgan fingerprint density at radius 2 is 1.94 bits per heavy atom. The van der Waals surface area contributed by atoms with Gasteiger partial charge in [-0.05, 0) is 24.8 Å². The van der Waals surface area contributed by atoms with Gasteiger partial charge in [0.1, 0.15) is 12.3 Å². The minimum atomic E-state index is -0.157. The molecule has 1 N–H and O–H groups in total. The van der Waals surface area contributed by atoms with Crippen molar-refractivity contribution < 1.29 is 19.5 Å². The van der Waals surface area contributed by atoms with Gasteiger partial charge in [0, 0.05) is 48.4 Å². The van der Waals surface area contributed by atoms with E-state index in [0.29, 0.717) is 23.4 Å². The van der Waals surface area contributed by atoms with Crippen molar-refractivity contribution in [3.8, 4) is 11.5 Å². The molecule has 1 fully saturated rings. The maximum Gasteiger partial charge on any atom is 0.231 e. The Kier molecular flexibility index (Phi) is 5.04. The number of allylic oxidation sites excluding steroid dienone is 1. The molecule has 1 aromatic heterocycles. The molecule has 2 aliphatic rings. The molecule has 0 aliphatic carbocycles. The number of hydrogen-bond acceptors (Lipinski definition) is 4. The van der Waals surface area contributed by atoms with Crippen molar-refractivity contribution in [2.24, 2.45) is 7.05 Å². The number of ketones is 1. The van der Waals surface area contributed by atoms with Gasteiger partial charge in [-0.1, -0.05) is 36.9 Å². The summed E-state index contributed by atoms with van der Waals surface area (Å²) in [6.07, 6.45) is 3.79. The summed E-state index contributed by atoms with van der Waals surface area (Å²) in [7, 11) is 1.99. The number of fused-ring (bicyclic) bond motifs is 2. The molecular formula is C25H27N3O3. The number of Topliss-reactive ketones (excluding diaryl/α,β-unsaturated/α-hetero) is 1. The molecule has 0 amide bonds.